The highest BCUT2D eigenvalue weighted by Crippen LogP contribution is 2.38. The second-order valence-electron chi connectivity index (χ2n) is 5.99. The van der Waals surface area contributed by atoms with Gasteiger partial charge in [-0.3, -0.25) is 0 Å². The lowest BCUT2D eigenvalue weighted by atomic mass is 10.0. The maximum Gasteiger partial charge on any atom is 0.143 e. The van der Waals surface area contributed by atoms with E-state index in [1.807, 2.05) is 24.3 Å². The number of rotatable bonds is 3. The number of benzene rings is 2. The number of aromatic nitrogens is 2. The van der Waals surface area contributed by atoms with Gasteiger partial charge in [-0.25, -0.2) is 9.97 Å². The first-order valence-electron chi connectivity index (χ1n) is 7.94. The average molecular weight is 410 g/mol. The summed E-state index contributed by atoms with van der Waals surface area (Å²) in [5.74, 6) is 0.831. The van der Waals surface area contributed by atoms with E-state index in [0.717, 1.165) is 26.2 Å². The van der Waals surface area contributed by atoms with Crippen molar-refractivity contribution in [2.45, 2.75) is 13.8 Å². The van der Waals surface area contributed by atoms with Gasteiger partial charge in [0, 0.05) is 21.1 Å². The Morgan fingerprint density at radius 3 is 2.68 bits per heavy atom. The fourth-order valence-electron chi connectivity index (χ4n) is 2.79. The number of fused-ring (bicyclic) bond motifs is 1. The zero-order chi connectivity index (χ0) is 17.4. The summed E-state index contributed by atoms with van der Waals surface area (Å²) in [6.45, 7) is 4.28. The highest BCUT2D eigenvalue weighted by Gasteiger charge is 2.14. The van der Waals surface area contributed by atoms with Crippen LogP contribution in [0.5, 0.6) is 0 Å². The van der Waals surface area contributed by atoms with E-state index in [1.54, 1.807) is 17.7 Å². The molecular weight excluding hydrogens is 394 g/mol. The van der Waals surface area contributed by atoms with Crippen LogP contribution >= 0.6 is 27.3 Å². The molecule has 4 rings (SSSR count). The molecule has 0 aliphatic rings. The Balaban J connectivity index is 1.85. The molecule has 0 aliphatic heterocycles. The molecule has 0 aliphatic carbocycles. The molecule has 0 spiro atoms. The molecule has 5 heteroatoms. The molecule has 124 valence electrons. The van der Waals surface area contributed by atoms with E-state index in [4.69, 9.17) is 0 Å². The fraction of sp³-hybridized carbons (Fsp3) is 0.100. The van der Waals surface area contributed by atoms with Gasteiger partial charge in [0.25, 0.3) is 0 Å². The predicted octanol–water partition coefficient (Wildman–Crippen LogP) is 6.48. The van der Waals surface area contributed by atoms with Crippen LogP contribution in [0.15, 0.2) is 58.6 Å². The molecule has 3 nitrogen and oxygen atoms in total. The largest absolute Gasteiger partial charge is 0.340 e. The van der Waals surface area contributed by atoms with Crippen molar-refractivity contribution in [2.24, 2.45) is 0 Å². The highest BCUT2D eigenvalue weighted by molar-refractivity contribution is 9.10. The molecule has 2 aromatic heterocycles. The third kappa shape index (κ3) is 3.17. The van der Waals surface area contributed by atoms with Crippen LogP contribution in [0.3, 0.4) is 0 Å². The summed E-state index contributed by atoms with van der Waals surface area (Å²) in [4.78, 5) is 9.93. The molecule has 0 unspecified atom stereocenters. The van der Waals surface area contributed by atoms with E-state index < -0.39 is 0 Å². The van der Waals surface area contributed by atoms with Crippen molar-refractivity contribution < 1.29 is 0 Å². The molecular formula is C20H16BrN3S. The van der Waals surface area contributed by atoms with Crippen molar-refractivity contribution in [1.82, 2.24) is 9.97 Å². The molecule has 0 amide bonds. The lowest BCUT2D eigenvalue weighted by Crippen LogP contribution is -1.95. The van der Waals surface area contributed by atoms with Crippen molar-refractivity contribution >= 4 is 49.0 Å². The number of hydrogen-bond acceptors (Lipinski definition) is 4. The minimum absolute atomic E-state index is 0.831. The summed E-state index contributed by atoms with van der Waals surface area (Å²) < 4.78 is 1.03. The number of halogens is 1. The molecule has 2 aromatic carbocycles. The van der Waals surface area contributed by atoms with Gasteiger partial charge in [0.2, 0.25) is 0 Å². The zero-order valence-electron chi connectivity index (χ0n) is 13.9. The van der Waals surface area contributed by atoms with Crippen LogP contribution in [-0.2, 0) is 0 Å². The molecule has 0 saturated heterocycles. The van der Waals surface area contributed by atoms with Gasteiger partial charge in [-0.1, -0.05) is 40.2 Å². The Labute approximate surface area is 158 Å². The molecule has 25 heavy (non-hydrogen) atoms. The number of nitrogens with zero attached hydrogens (tertiary/aromatic N) is 2. The van der Waals surface area contributed by atoms with E-state index in [0.29, 0.717) is 0 Å². The first kappa shape index (κ1) is 16.2. The molecule has 0 fully saturated rings. The van der Waals surface area contributed by atoms with Crippen LogP contribution < -0.4 is 5.32 Å². The molecule has 0 atom stereocenters. The van der Waals surface area contributed by atoms with Gasteiger partial charge < -0.3 is 5.32 Å². The summed E-state index contributed by atoms with van der Waals surface area (Å²) in [7, 11) is 0. The standard InChI is InChI=1S/C20H16BrN3S/c1-12-6-7-14(8-13(12)2)17-10-25-20-18(17)19(22-11-23-20)24-16-5-3-4-15(21)9-16/h3-11H,1-2H3,(H,22,23,24). The van der Waals surface area contributed by atoms with E-state index >= 15 is 0 Å². The first-order valence-corrected chi connectivity index (χ1v) is 9.61. The van der Waals surface area contributed by atoms with E-state index in [9.17, 15) is 0 Å². The van der Waals surface area contributed by atoms with Gasteiger partial charge in [-0.05, 0) is 48.7 Å². The van der Waals surface area contributed by atoms with Gasteiger partial charge >= 0.3 is 0 Å². The number of aryl methyl sites for hydroxylation is 2. The molecule has 0 bridgehead atoms. The molecule has 0 radical (unpaired) electrons. The fourth-order valence-corrected chi connectivity index (χ4v) is 4.11. The normalized spacial score (nSPS) is 11.0. The Hall–Kier alpha value is -2.24. The smallest absolute Gasteiger partial charge is 0.143 e. The van der Waals surface area contributed by atoms with Crippen LogP contribution in [0.1, 0.15) is 11.1 Å². The van der Waals surface area contributed by atoms with E-state index in [-0.39, 0.29) is 0 Å². The number of hydrogen-bond donors (Lipinski definition) is 1. The Morgan fingerprint density at radius 1 is 1.00 bits per heavy atom. The predicted molar refractivity (Wildman–Crippen MR) is 110 cm³/mol. The topological polar surface area (TPSA) is 37.8 Å². The van der Waals surface area contributed by atoms with Gasteiger partial charge in [-0.15, -0.1) is 11.3 Å². The van der Waals surface area contributed by atoms with Crippen molar-refractivity contribution in [3.63, 3.8) is 0 Å². The lowest BCUT2D eigenvalue weighted by molar-refractivity contribution is 1.23. The van der Waals surface area contributed by atoms with Crippen molar-refractivity contribution in [1.29, 1.82) is 0 Å². The SMILES string of the molecule is Cc1ccc(-c2csc3ncnc(Nc4cccc(Br)c4)c23)cc1C. The Bertz CT molecular complexity index is 1070. The summed E-state index contributed by atoms with van der Waals surface area (Å²) in [5, 5.41) is 6.66. The average Bonchev–Trinajstić information content (AvgIpc) is 3.03. The van der Waals surface area contributed by atoms with Crippen LogP contribution in [0.2, 0.25) is 0 Å². The first-order chi connectivity index (χ1) is 12.1. The second-order valence-corrected chi connectivity index (χ2v) is 7.76. The van der Waals surface area contributed by atoms with Crippen molar-refractivity contribution in [2.75, 3.05) is 5.32 Å². The maximum absolute atomic E-state index is 4.50. The summed E-state index contributed by atoms with van der Waals surface area (Å²) in [6, 6.07) is 14.6. The number of thiophene rings is 1. The maximum atomic E-state index is 4.50. The lowest BCUT2D eigenvalue weighted by Gasteiger charge is -2.09. The monoisotopic (exact) mass is 409 g/mol. The van der Waals surface area contributed by atoms with Crippen molar-refractivity contribution in [3.05, 3.63) is 69.8 Å². The highest BCUT2D eigenvalue weighted by atomic mass is 79.9. The summed E-state index contributed by atoms with van der Waals surface area (Å²) in [6.07, 6.45) is 1.61. The molecule has 1 N–H and O–H groups in total. The van der Waals surface area contributed by atoms with Gasteiger partial charge in [0.05, 0.1) is 5.39 Å². The number of anilines is 2. The third-order valence-corrected chi connectivity index (χ3v) is 5.66. The molecule has 4 aromatic rings. The van der Waals surface area contributed by atoms with E-state index in [2.05, 4.69) is 68.6 Å². The minimum Gasteiger partial charge on any atom is -0.340 e. The zero-order valence-corrected chi connectivity index (χ0v) is 16.3. The van der Waals surface area contributed by atoms with E-state index in [1.165, 1.54) is 22.3 Å². The van der Waals surface area contributed by atoms with Crippen LogP contribution in [0, 0.1) is 13.8 Å². The van der Waals surface area contributed by atoms with Crippen molar-refractivity contribution in [3.8, 4) is 11.1 Å². The molecule has 0 saturated carbocycles. The van der Waals surface area contributed by atoms with Crippen LogP contribution in [-0.4, -0.2) is 9.97 Å². The third-order valence-electron chi connectivity index (χ3n) is 4.28. The Kier molecular flexibility index (Phi) is 4.27. The van der Waals surface area contributed by atoms with Gasteiger partial charge in [0.1, 0.15) is 17.0 Å². The Morgan fingerprint density at radius 2 is 1.88 bits per heavy atom. The van der Waals surface area contributed by atoms with Gasteiger partial charge in [-0.2, -0.15) is 0 Å². The number of nitrogens with one attached hydrogen (secondary N) is 1. The van der Waals surface area contributed by atoms with Crippen LogP contribution in [0.25, 0.3) is 21.3 Å². The summed E-state index contributed by atoms with van der Waals surface area (Å²) >= 11 is 5.16. The van der Waals surface area contributed by atoms with Gasteiger partial charge in [0.15, 0.2) is 0 Å². The van der Waals surface area contributed by atoms with Crippen LogP contribution in [0.4, 0.5) is 11.5 Å². The summed E-state index contributed by atoms with van der Waals surface area (Å²) in [5.41, 5.74) is 5.94. The quantitative estimate of drug-likeness (QED) is 0.420. The minimum atomic E-state index is 0.831. The second kappa shape index (κ2) is 6.58. The molecule has 2 heterocycles.